The average Bonchev–Trinajstić information content (AvgIpc) is 2.81. The number of carboxylic acid groups (broad SMARTS) is 1. The van der Waals surface area contributed by atoms with E-state index in [-0.39, 0.29) is 18.9 Å². The fourth-order valence-electron chi connectivity index (χ4n) is 1.53. The lowest BCUT2D eigenvalue weighted by atomic mass is 10.1. The Balaban J connectivity index is 2.25. The molecular weight excluding hydrogens is 254 g/mol. The predicted molar refractivity (Wildman–Crippen MR) is 68.5 cm³/mol. The van der Waals surface area contributed by atoms with Crippen LogP contribution in [0.2, 0.25) is 0 Å². The number of carbonyl (C=O) groups is 2. The number of aliphatic hydroxyl groups excluding tert-OH is 1. The van der Waals surface area contributed by atoms with E-state index in [1.54, 1.807) is 11.3 Å². The van der Waals surface area contributed by atoms with Crippen molar-refractivity contribution >= 4 is 23.2 Å². The molecule has 18 heavy (non-hydrogen) atoms. The van der Waals surface area contributed by atoms with Crippen molar-refractivity contribution in [1.29, 1.82) is 0 Å². The lowest BCUT2D eigenvalue weighted by Gasteiger charge is -2.12. The molecule has 0 spiro atoms. The molecule has 3 N–H and O–H groups in total. The van der Waals surface area contributed by atoms with E-state index in [4.69, 9.17) is 10.2 Å². The van der Waals surface area contributed by atoms with Gasteiger partial charge in [0.15, 0.2) is 0 Å². The summed E-state index contributed by atoms with van der Waals surface area (Å²) in [5, 5.41) is 21.9. The number of nitrogens with one attached hydrogen (secondary N) is 1. The number of aryl methyl sites for hydroxylation is 1. The first-order valence-corrected chi connectivity index (χ1v) is 6.67. The summed E-state index contributed by atoms with van der Waals surface area (Å²) in [6, 6.07) is 2.97. The van der Waals surface area contributed by atoms with Crippen LogP contribution in [0.3, 0.4) is 0 Å². The number of hydrogen-bond acceptors (Lipinski definition) is 4. The van der Waals surface area contributed by atoms with Crippen LogP contribution in [-0.4, -0.2) is 34.7 Å². The molecule has 1 amide bonds. The molecule has 1 atom stereocenters. The summed E-state index contributed by atoms with van der Waals surface area (Å²) in [5.41, 5.74) is 0. The number of hydrogen-bond donors (Lipinski definition) is 3. The molecule has 0 aromatic carbocycles. The molecule has 0 bridgehead atoms. The van der Waals surface area contributed by atoms with Crippen molar-refractivity contribution in [1.82, 2.24) is 5.32 Å². The molecule has 1 rings (SSSR count). The Kier molecular flexibility index (Phi) is 6.38. The van der Waals surface area contributed by atoms with E-state index >= 15 is 0 Å². The lowest BCUT2D eigenvalue weighted by Crippen LogP contribution is -2.41. The SMILES string of the molecule is O=C(CCCc1cccs1)NC(CCO)C(=O)O. The monoisotopic (exact) mass is 271 g/mol. The van der Waals surface area contributed by atoms with Gasteiger partial charge >= 0.3 is 5.97 Å². The maximum atomic E-state index is 11.5. The Bertz CT molecular complexity index is 377. The Morgan fingerprint density at radius 2 is 2.22 bits per heavy atom. The number of thiophene rings is 1. The Morgan fingerprint density at radius 3 is 2.78 bits per heavy atom. The number of carboxylic acids is 1. The summed E-state index contributed by atoms with van der Waals surface area (Å²) < 4.78 is 0. The molecule has 0 radical (unpaired) electrons. The van der Waals surface area contributed by atoms with Crippen molar-refractivity contribution in [3.8, 4) is 0 Å². The van der Waals surface area contributed by atoms with Crippen LogP contribution < -0.4 is 5.32 Å². The van der Waals surface area contributed by atoms with Gasteiger partial charge in [-0.1, -0.05) is 6.07 Å². The van der Waals surface area contributed by atoms with Gasteiger partial charge in [-0.05, 0) is 24.3 Å². The summed E-state index contributed by atoms with van der Waals surface area (Å²) in [4.78, 5) is 23.5. The van der Waals surface area contributed by atoms with E-state index in [1.165, 1.54) is 4.88 Å². The molecule has 0 saturated heterocycles. The molecule has 6 heteroatoms. The zero-order valence-corrected chi connectivity index (χ0v) is 10.8. The molecule has 5 nitrogen and oxygen atoms in total. The van der Waals surface area contributed by atoms with Crippen LogP contribution >= 0.6 is 11.3 Å². The van der Waals surface area contributed by atoms with Gasteiger partial charge in [-0.15, -0.1) is 11.3 Å². The van der Waals surface area contributed by atoms with Gasteiger partial charge in [-0.3, -0.25) is 4.79 Å². The molecule has 1 aromatic rings. The van der Waals surface area contributed by atoms with E-state index < -0.39 is 12.0 Å². The van der Waals surface area contributed by atoms with Crippen LogP contribution in [0.5, 0.6) is 0 Å². The van der Waals surface area contributed by atoms with Crippen molar-refractivity contribution in [2.45, 2.75) is 31.7 Å². The zero-order valence-electron chi connectivity index (χ0n) is 9.96. The van der Waals surface area contributed by atoms with E-state index in [9.17, 15) is 9.59 Å². The van der Waals surface area contributed by atoms with Gasteiger partial charge in [0.1, 0.15) is 6.04 Å². The highest BCUT2D eigenvalue weighted by atomic mass is 32.1. The van der Waals surface area contributed by atoms with E-state index in [2.05, 4.69) is 5.32 Å². The third-order valence-corrected chi connectivity index (χ3v) is 3.39. The highest BCUT2D eigenvalue weighted by molar-refractivity contribution is 7.09. The van der Waals surface area contributed by atoms with Crippen molar-refractivity contribution in [2.75, 3.05) is 6.61 Å². The fraction of sp³-hybridized carbons (Fsp3) is 0.500. The van der Waals surface area contributed by atoms with Gasteiger partial charge in [0.2, 0.25) is 5.91 Å². The third kappa shape index (κ3) is 5.29. The summed E-state index contributed by atoms with van der Waals surface area (Å²) in [7, 11) is 0. The smallest absolute Gasteiger partial charge is 0.326 e. The Labute approximate surface area is 109 Å². The minimum absolute atomic E-state index is 0.0337. The maximum Gasteiger partial charge on any atom is 0.326 e. The Hall–Kier alpha value is -1.40. The normalized spacial score (nSPS) is 12.1. The average molecular weight is 271 g/mol. The van der Waals surface area contributed by atoms with Crippen molar-refractivity contribution < 1.29 is 19.8 Å². The summed E-state index contributed by atoms with van der Waals surface area (Å²) in [5.74, 6) is -1.40. The summed E-state index contributed by atoms with van der Waals surface area (Å²) in [6.07, 6.45) is 1.85. The van der Waals surface area contributed by atoms with Gasteiger partial charge in [0.25, 0.3) is 0 Å². The first-order valence-electron chi connectivity index (χ1n) is 5.79. The van der Waals surface area contributed by atoms with Crippen LogP contribution in [0, 0.1) is 0 Å². The fourth-order valence-corrected chi connectivity index (χ4v) is 2.28. The van der Waals surface area contributed by atoms with Crippen LogP contribution in [0.4, 0.5) is 0 Å². The quantitative estimate of drug-likeness (QED) is 0.659. The van der Waals surface area contributed by atoms with E-state index in [1.807, 2.05) is 17.5 Å². The topological polar surface area (TPSA) is 86.6 Å². The second kappa shape index (κ2) is 7.84. The molecule has 100 valence electrons. The molecule has 0 aliphatic heterocycles. The highest BCUT2D eigenvalue weighted by Crippen LogP contribution is 2.11. The molecule has 0 aliphatic rings. The van der Waals surface area contributed by atoms with E-state index in [0.29, 0.717) is 12.8 Å². The van der Waals surface area contributed by atoms with Gasteiger partial charge < -0.3 is 15.5 Å². The van der Waals surface area contributed by atoms with Crippen molar-refractivity contribution in [3.63, 3.8) is 0 Å². The number of amides is 1. The number of carbonyl (C=O) groups excluding carboxylic acids is 1. The lowest BCUT2D eigenvalue weighted by molar-refractivity contribution is -0.142. The maximum absolute atomic E-state index is 11.5. The third-order valence-electron chi connectivity index (χ3n) is 2.46. The second-order valence-electron chi connectivity index (χ2n) is 3.90. The van der Waals surface area contributed by atoms with Gasteiger partial charge in [-0.25, -0.2) is 4.79 Å². The van der Waals surface area contributed by atoms with Crippen molar-refractivity contribution in [3.05, 3.63) is 22.4 Å². The highest BCUT2D eigenvalue weighted by Gasteiger charge is 2.18. The van der Waals surface area contributed by atoms with Crippen LogP contribution in [0.25, 0.3) is 0 Å². The van der Waals surface area contributed by atoms with Gasteiger partial charge in [0.05, 0.1) is 0 Å². The first kappa shape index (κ1) is 14.7. The molecule has 1 heterocycles. The van der Waals surface area contributed by atoms with Crippen molar-refractivity contribution in [2.24, 2.45) is 0 Å². The number of aliphatic hydroxyl groups is 1. The number of rotatable bonds is 8. The second-order valence-corrected chi connectivity index (χ2v) is 4.94. The minimum Gasteiger partial charge on any atom is -0.480 e. The predicted octanol–water partition coefficient (Wildman–Crippen LogP) is 1.02. The van der Waals surface area contributed by atoms with Gasteiger partial charge in [-0.2, -0.15) is 0 Å². The molecule has 0 saturated carbocycles. The zero-order chi connectivity index (χ0) is 13.4. The van der Waals surface area contributed by atoms with Gasteiger partial charge in [0, 0.05) is 24.3 Å². The molecule has 1 aromatic heterocycles. The molecule has 0 fully saturated rings. The molecule has 1 unspecified atom stereocenters. The summed E-state index contributed by atoms with van der Waals surface area (Å²) >= 11 is 1.64. The molecular formula is C12H17NO4S. The standard InChI is InChI=1S/C12H17NO4S/c14-7-6-10(12(16)17)13-11(15)5-1-3-9-4-2-8-18-9/h2,4,8,10,14H,1,3,5-7H2,(H,13,15)(H,16,17). The number of aliphatic carboxylic acids is 1. The van der Waals surface area contributed by atoms with E-state index in [0.717, 1.165) is 6.42 Å². The summed E-state index contributed by atoms with van der Waals surface area (Å²) in [6.45, 7) is -0.257. The van der Waals surface area contributed by atoms with Crippen LogP contribution in [0.1, 0.15) is 24.1 Å². The van der Waals surface area contributed by atoms with Crippen LogP contribution in [-0.2, 0) is 16.0 Å². The largest absolute Gasteiger partial charge is 0.480 e. The van der Waals surface area contributed by atoms with Crippen LogP contribution in [0.15, 0.2) is 17.5 Å². The minimum atomic E-state index is -1.12. The molecule has 0 aliphatic carbocycles. The first-order chi connectivity index (χ1) is 8.63. The Morgan fingerprint density at radius 1 is 1.44 bits per heavy atom.